The van der Waals surface area contributed by atoms with E-state index in [4.69, 9.17) is 9.47 Å². The Labute approximate surface area is 171 Å². The van der Waals surface area contributed by atoms with Gasteiger partial charge >= 0.3 is 0 Å². The van der Waals surface area contributed by atoms with E-state index in [1.807, 2.05) is 0 Å². The number of hydrogen-bond acceptors (Lipinski definition) is 5. The number of carbonyl (C=O) groups excluding carboxylic acids is 3. The molecule has 30 heavy (non-hydrogen) atoms. The summed E-state index contributed by atoms with van der Waals surface area (Å²) < 4.78 is 23.5. The quantitative estimate of drug-likeness (QED) is 0.756. The number of rotatable bonds is 6. The maximum Gasteiger partial charge on any atom is 0.231 e. The largest absolute Gasteiger partial charge is 0.454 e. The second kappa shape index (κ2) is 8.40. The molecule has 0 radical (unpaired) electrons. The van der Waals surface area contributed by atoms with E-state index < -0.39 is 11.7 Å². The first-order valence-corrected chi connectivity index (χ1v) is 9.53. The van der Waals surface area contributed by atoms with Gasteiger partial charge in [0, 0.05) is 43.4 Å². The van der Waals surface area contributed by atoms with E-state index in [-0.39, 0.29) is 50.4 Å². The van der Waals surface area contributed by atoms with Crippen molar-refractivity contribution in [2.75, 3.05) is 30.1 Å². The second-order valence-corrected chi connectivity index (χ2v) is 7.04. The lowest BCUT2D eigenvalue weighted by Crippen LogP contribution is -2.34. The first kappa shape index (κ1) is 19.7. The standard InChI is InChI=1S/C21H20FN3O5/c22-14-1-4-16(5-2-14)25-11-13(9-20(25)27)21(28)23-8-7-19(26)24-15-3-6-17-18(10-15)30-12-29-17/h1-6,10,13H,7-9,11-12H2,(H,23,28)(H,24,26)/t13-/m1/s1. The fourth-order valence-electron chi connectivity index (χ4n) is 3.40. The number of hydrogen-bond donors (Lipinski definition) is 2. The minimum Gasteiger partial charge on any atom is -0.454 e. The van der Waals surface area contributed by atoms with Crippen LogP contribution in [0.4, 0.5) is 15.8 Å². The van der Waals surface area contributed by atoms with Crippen LogP contribution in [0.1, 0.15) is 12.8 Å². The molecular formula is C21H20FN3O5. The number of ether oxygens (including phenoxy) is 2. The fraction of sp³-hybridized carbons (Fsp3) is 0.286. The molecule has 0 saturated carbocycles. The summed E-state index contributed by atoms with van der Waals surface area (Å²) in [6.07, 6.45) is 0.162. The summed E-state index contributed by atoms with van der Waals surface area (Å²) in [6.45, 7) is 0.525. The van der Waals surface area contributed by atoms with Crippen molar-refractivity contribution < 1.29 is 28.2 Å². The van der Waals surface area contributed by atoms with Crippen LogP contribution >= 0.6 is 0 Å². The zero-order valence-corrected chi connectivity index (χ0v) is 16.0. The molecule has 8 nitrogen and oxygen atoms in total. The highest BCUT2D eigenvalue weighted by Crippen LogP contribution is 2.34. The maximum atomic E-state index is 13.1. The number of amides is 3. The molecule has 4 rings (SSSR count). The molecule has 1 atom stereocenters. The van der Waals surface area contributed by atoms with Crippen molar-refractivity contribution in [2.45, 2.75) is 12.8 Å². The number of anilines is 2. The van der Waals surface area contributed by atoms with E-state index in [1.165, 1.54) is 29.2 Å². The van der Waals surface area contributed by atoms with Crippen LogP contribution < -0.4 is 25.0 Å². The molecule has 9 heteroatoms. The summed E-state index contributed by atoms with van der Waals surface area (Å²) in [4.78, 5) is 38.2. The Balaban J connectivity index is 1.23. The molecular weight excluding hydrogens is 393 g/mol. The van der Waals surface area contributed by atoms with Crippen LogP contribution in [0.2, 0.25) is 0 Å². The second-order valence-electron chi connectivity index (χ2n) is 7.04. The Bertz CT molecular complexity index is 979. The normalized spacial score (nSPS) is 17.2. The topological polar surface area (TPSA) is 97.0 Å². The van der Waals surface area contributed by atoms with E-state index in [0.717, 1.165) is 0 Å². The molecule has 2 aliphatic rings. The lowest BCUT2D eigenvalue weighted by atomic mass is 10.1. The third-order valence-electron chi connectivity index (χ3n) is 4.94. The van der Waals surface area contributed by atoms with Gasteiger partial charge in [0.15, 0.2) is 11.5 Å². The van der Waals surface area contributed by atoms with Crippen LogP contribution in [-0.2, 0) is 14.4 Å². The van der Waals surface area contributed by atoms with E-state index in [9.17, 15) is 18.8 Å². The van der Waals surface area contributed by atoms with Crippen molar-refractivity contribution in [3.63, 3.8) is 0 Å². The summed E-state index contributed by atoms with van der Waals surface area (Å²) in [5.41, 5.74) is 1.13. The number of nitrogens with one attached hydrogen (secondary N) is 2. The van der Waals surface area contributed by atoms with Gasteiger partial charge in [0.2, 0.25) is 24.5 Å². The molecule has 3 amide bonds. The van der Waals surface area contributed by atoms with Gasteiger partial charge in [-0.2, -0.15) is 0 Å². The van der Waals surface area contributed by atoms with Crippen molar-refractivity contribution in [1.82, 2.24) is 5.32 Å². The minimum atomic E-state index is -0.514. The van der Waals surface area contributed by atoms with Gasteiger partial charge in [0.05, 0.1) is 5.92 Å². The molecule has 2 aromatic carbocycles. The number of benzene rings is 2. The average Bonchev–Trinajstić information content (AvgIpc) is 3.34. The lowest BCUT2D eigenvalue weighted by Gasteiger charge is -2.16. The van der Waals surface area contributed by atoms with Crippen molar-refractivity contribution in [3.8, 4) is 11.5 Å². The number of fused-ring (bicyclic) bond motifs is 1. The van der Waals surface area contributed by atoms with Gasteiger partial charge in [-0.15, -0.1) is 0 Å². The minimum absolute atomic E-state index is 0.0760. The van der Waals surface area contributed by atoms with Crippen molar-refractivity contribution in [1.29, 1.82) is 0 Å². The Kier molecular flexibility index (Phi) is 5.51. The third-order valence-corrected chi connectivity index (χ3v) is 4.94. The van der Waals surface area contributed by atoms with Gasteiger partial charge in [0.1, 0.15) is 5.82 Å². The predicted octanol–water partition coefficient (Wildman–Crippen LogP) is 2.05. The van der Waals surface area contributed by atoms with Gasteiger partial charge in [-0.05, 0) is 36.4 Å². The van der Waals surface area contributed by atoms with Crippen molar-refractivity contribution >= 4 is 29.1 Å². The molecule has 1 saturated heterocycles. The summed E-state index contributed by atoms with van der Waals surface area (Å²) >= 11 is 0. The maximum absolute atomic E-state index is 13.1. The van der Waals surface area contributed by atoms with Crippen LogP contribution in [0.15, 0.2) is 42.5 Å². The van der Waals surface area contributed by atoms with Gasteiger partial charge in [-0.3, -0.25) is 14.4 Å². The molecule has 0 spiro atoms. The molecule has 0 bridgehead atoms. The molecule has 0 unspecified atom stereocenters. The molecule has 2 heterocycles. The summed E-state index contributed by atoms with van der Waals surface area (Å²) in [5.74, 6) is -0.451. The first-order chi connectivity index (χ1) is 14.5. The van der Waals surface area contributed by atoms with Crippen LogP contribution in [-0.4, -0.2) is 37.6 Å². The number of nitrogens with zero attached hydrogens (tertiary/aromatic N) is 1. The van der Waals surface area contributed by atoms with Gasteiger partial charge in [0.25, 0.3) is 0 Å². The van der Waals surface area contributed by atoms with Gasteiger partial charge in [-0.1, -0.05) is 0 Å². The number of carbonyl (C=O) groups is 3. The molecule has 0 aromatic heterocycles. The zero-order valence-electron chi connectivity index (χ0n) is 16.0. The van der Waals surface area contributed by atoms with Crippen molar-refractivity contribution in [2.24, 2.45) is 5.92 Å². The Morgan fingerprint density at radius 2 is 1.87 bits per heavy atom. The molecule has 2 N–H and O–H groups in total. The van der Waals surface area contributed by atoms with Crippen LogP contribution in [0.3, 0.4) is 0 Å². The highest BCUT2D eigenvalue weighted by atomic mass is 19.1. The molecule has 1 fully saturated rings. The van der Waals surface area contributed by atoms with Crippen LogP contribution in [0, 0.1) is 11.7 Å². The smallest absolute Gasteiger partial charge is 0.231 e. The highest BCUT2D eigenvalue weighted by Gasteiger charge is 2.35. The van der Waals surface area contributed by atoms with E-state index in [2.05, 4.69) is 10.6 Å². The predicted molar refractivity (Wildman–Crippen MR) is 106 cm³/mol. The Morgan fingerprint density at radius 3 is 2.67 bits per heavy atom. The third kappa shape index (κ3) is 4.35. The summed E-state index contributed by atoms with van der Waals surface area (Å²) in [5, 5.41) is 5.44. The average molecular weight is 413 g/mol. The SMILES string of the molecule is O=C(CCNC(=O)[C@@H]1CC(=O)N(c2ccc(F)cc2)C1)Nc1ccc2c(c1)OCO2. The molecule has 2 aliphatic heterocycles. The summed E-state index contributed by atoms with van der Waals surface area (Å²) in [6, 6.07) is 10.7. The lowest BCUT2D eigenvalue weighted by molar-refractivity contribution is -0.126. The monoisotopic (exact) mass is 413 g/mol. The first-order valence-electron chi connectivity index (χ1n) is 9.53. The molecule has 2 aromatic rings. The van der Waals surface area contributed by atoms with Crippen molar-refractivity contribution in [3.05, 3.63) is 48.3 Å². The fourth-order valence-corrected chi connectivity index (χ4v) is 3.40. The number of halogens is 1. The molecule has 156 valence electrons. The van der Waals surface area contributed by atoms with Crippen LogP contribution in [0.25, 0.3) is 0 Å². The van der Waals surface area contributed by atoms with Crippen LogP contribution in [0.5, 0.6) is 11.5 Å². The van der Waals surface area contributed by atoms with E-state index >= 15 is 0 Å². The zero-order chi connectivity index (χ0) is 21.1. The van der Waals surface area contributed by atoms with E-state index in [1.54, 1.807) is 18.2 Å². The van der Waals surface area contributed by atoms with Gasteiger partial charge in [-0.25, -0.2) is 4.39 Å². The molecule has 0 aliphatic carbocycles. The van der Waals surface area contributed by atoms with Gasteiger partial charge < -0.3 is 25.0 Å². The summed E-state index contributed by atoms with van der Waals surface area (Å²) in [7, 11) is 0. The highest BCUT2D eigenvalue weighted by molar-refractivity contribution is 6.00. The Hall–Kier alpha value is -3.62. The van der Waals surface area contributed by atoms with E-state index in [0.29, 0.717) is 22.9 Å². The Morgan fingerprint density at radius 1 is 1.10 bits per heavy atom.